The van der Waals surface area contributed by atoms with E-state index in [0.29, 0.717) is 17.2 Å². The number of aliphatic carboxylic acids is 1. The smallest absolute Gasteiger partial charge is 0.307 e. The molecule has 1 amide bonds. The zero-order chi connectivity index (χ0) is 18.5. The Morgan fingerprint density at radius 1 is 1.15 bits per heavy atom. The predicted molar refractivity (Wildman–Crippen MR) is 94.0 cm³/mol. The Bertz CT molecular complexity index is 789. The van der Waals surface area contributed by atoms with E-state index in [9.17, 15) is 9.59 Å². The number of carbonyl (C=O) groups excluding carboxylic acids is 1. The van der Waals surface area contributed by atoms with E-state index in [1.54, 1.807) is 55.6 Å². The van der Waals surface area contributed by atoms with Crippen molar-refractivity contribution in [2.24, 2.45) is 0 Å². The quantitative estimate of drug-likeness (QED) is 0.819. The van der Waals surface area contributed by atoms with Gasteiger partial charge in [0.15, 0.2) is 6.10 Å². The van der Waals surface area contributed by atoms with Gasteiger partial charge in [0.2, 0.25) is 0 Å². The third-order valence-electron chi connectivity index (χ3n) is 3.97. The summed E-state index contributed by atoms with van der Waals surface area (Å²) in [7, 11) is 1.59. The molecular weight excluding hydrogens is 338 g/mol. The van der Waals surface area contributed by atoms with E-state index in [1.807, 2.05) is 0 Å². The molecule has 7 nitrogen and oxygen atoms in total. The number of carboxylic acids is 1. The first-order valence-corrected chi connectivity index (χ1v) is 8.14. The van der Waals surface area contributed by atoms with Crippen molar-refractivity contribution >= 4 is 17.6 Å². The number of anilines is 1. The average Bonchev–Trinajstić information content (AvgIpc) is 2.64. The molecule has 1 heterocycles. The summed E-state index contributed by atoms with van der Waals surface area (Å²) in [4.78, 5) is 25.1. The molecule has 136 valence electrons. The topological polar surface area (TPSA) is 85.3 Å². The number of rotatable bonds is 7. The average molecular weight is 357 g/mol. The minimum absolute atomic E-state index is 0.256. The summed E-state index contributed by atoms with van der Waals surface area (Å²) >= 11 is 0. The molecule has 0 bridgehead atoms. The molecule has 1 atom stereocenters. The Labute approximate surface area is 150 Å². The minimum atomic E-state index is -1.09. The highest BCUT2D eigenvalue weighted by Gasteiger charge is 2.35. The highest BCUT2D eigenvalue weighted by Crippen LogP contribution is 2.34. The van der Waals surface area contributed by atoms with Crippen LogP contribution < -0.4 is 19.1 Å². The lowest BCUT2D eigenvalue weighted by molar-refractivity contribution is -0.142. The summed E-state index contributed by atoms with van der Waals surface area (Å²) in [5.41, 5.74) is 0.609. The third kappa shape index (κ3) is 3.88. The van der Waals surface area contributed by atoms with Gasteiger partial charge in [-0.05, 0) is 36.4 Å². The van der Waals surface area contributed by atoms with Gasteiger partial charge in [0, 0.05) is 0 Å². The zero-order valence-corrected chi connectivity index (χ0v) is 14.3. The van der Waals surface area contributed by atoms with Crippen LogP contribution in [0.25, 0.3) is 0 Å². The summed E-state index contributed by atoms with van der Waals surface area (Å²) in [5, 5.41) is 9.00. The summed E-state index contributed by atoms with van der Waals surface area (Å²) in [6.45, 7) is 0.535. The molecule has 0 fully saturated rings. The minimum Gasteiger partial charge on any atom is -0.497 e. The van der Waals surface area contributed by atoms with Crippen molar-refractivity contribution < 1.29 is 28.9 Å². The van der Waals surface area contributed by atoms with Gasteiger partial charge >= 0.3 is 5.97 Å². The molecule has 7 heteroatoms. The maximum atomic E-state index is 12.6. The lowest BCUT2D eigenvalue weighted by atomic mass is 10.1. The number of para-hydroxylation sites is 2. The van der Waals surface area contributed by atoms with Crippen molar-refractivity contribution in [3.05, 3.63) is 48.5 Å². The van der Waals surface area contributed by atoms with Gasteiger partial charge in [0.05, 0.1) is 25.8 Å². The van der Waals surface area contributed by atoms with E-state index < -0.39 is 12.1 Å². The monoisotopic (exact) mass is 357 g/mol. The molecule has 0 spiro atoms. The molecule has 2 aromatic rings. The summed E-state index contributed by atoms with van der Waals surface area (Å²) in [6, 6.07) is 14.2. The molecule has 0 radical (unpaired) electrons. The van der Waals surface area contributed by atoms with Gasteiger partial charge in [-0.25, -0.2) is 0 Å². The van der Waals surface area contributed by atoms with Crippen LogP contribution in [0.4, 0.5) is 5.69 Å². The molecule has 26 heavy (non-hydrogen) atoms. The maximum Gasteiger partial charge on any atom is 0.307 e. The van der Waals surface area contributed by atoms with Crippen LogP contribution in [0.2, 0.25) is 0 Å². The normalized spacial score (nSPS) is 15.8. The first-order chi connectivity index (χ1) is 12.6. The van der Waals surface area contributed by atoms with E-state index >= 15 is 0 Å². The fraction of sp³-hybridized carbons (Fsp3) is 0.263. The first kappa shape index (κ1) is 17.6. The fourth-order valence-corrected chi connectivity index (χ4v) is 2.72. The van der Waals surface area contributed by atoms with Crippen molar-refractivity contribution in [1.82, 2.24) is 0 Å². The molecule has 1 unspecified atom stereocenters. The Hall–Kier alpha value is -3.22. The molecule has 3 rings (SSSR count). The Morgan fingerprint density at radius 2 is 1.85 bits per heavy atom. The molecule has 0 saturated carbocycles. The lowest BCUT2D eigenvalue weighted by Gasteiger charge is -2.33. The second-order valence-electron chi connectivity index (χ2n) is 5.69. The van der Waals surface area contributed by atoms with Gasteiger partial charge in [0.25, 0.3) is 5.91 Å². The third-order valence-corrected chi connectivity index (χ3v) is 3.97. The number of carbonyl (C=O) groups is 2. The molecule has 0 aromatic heterocycles. The number of hydrogen-bond donors (Lipinski definition) is 1. The largest absolute Gasteiger partial charge is 0.497 e. The predicted octanol–water partition coefficient (Wildman–Crippen LogP) is 2.34. The van der Waals surface area contributed by atoms with Gasteiger partial charge in [-0.15, -0.1) is 0 Å². The second-order valence-corrected chi connectivity index (χ2v) is 5.69. The highest BCUT2D eigenvalue weighted by atomic mass is 16.5. The van der Waals surface area contributed by atoms with Crippen LogP contribution in [0.15, 0.2) is 48.5 Å². The van der Waals surface area contributed by atoms with Crippen molar-refractivity contribution in [1.29, 1.82) is 0 Å². The van der Waals surface area contributed by atoms with Crippen molar-refractivity contribution in [3.63, 3.8) is 0 Å². The molecule has 2 aromatic carbocycles. The van der Waals surface area contributed by atoms with E-state index in [0.717, 1.165) is 5.75 Å². The number of carboxylic acid groups (broad SMARTS) is 1. The lowest BCUT2D eigenvalue weighted by Crippen LogP contribution is -2.48. The summed E-state index contributed by atoms with van der Waals surface area (Å²) in [6.07, 6.45) is -1.42. The number of ether oxygens (including phenoxy) is 3. The maximum absolute atomic E-state index is 12.6. The van der Waals surface area contributed by atoms with E-state index in [1.165, 1.54) is 4.90 Å². The van der Waals surface area contributed by atoms with Crippen LogP contribution in [-0.2, 0) is 9.59 Å². The van der Waals surface area contributed by atoms with Gasteiger partial charge in [-0.3, -0.25) is 9.59 Å². The molecule has 1 aliphatic heterocycles. The number of methoxy groups -OCH3 is 1. The summed E-state index contributed by atoms with van der Waals surface area (Å²) in [5.74, 6) is 0.400. The molecular formula is C19H19NO6. The van der Waals surface area contributed by atoms with Crippen molar-refractivity contribution in [3.8, 4) is 17.2 Å². The van der Waals surface area contributed by atoms with Crippen molar-refractivity contribution in [2.75, 3.05) is 25.2 Å². The van der Waals surface area contributed by atoms with E-state index in [-0.39, 0.29) is 25.5 Å². The van der Waals surface area contributed by atoms with Crippen LogP contribution in [0.5, 0.6) is 17.2 Å². The van der Waals surface area contributed by atoms with Crippen LogP contribution in [0.1, 0.15) is 6.42 Å². The van der Waals surface area contributed by atoms with Gasteiger partial charge in [-0.2, -0.15) is 0 Å². The van der Waals surface area contributed by atoms with Crippen LogP contribution in [-0.4, -0.2) is 43.3 Å². The highest BCUT2D eigenvalue weighted by molar-refractivity contribution is 6.01. The van der Waals surface area contributed by atoms with Crippen molar-refractivity contribution in [2.45, 2.75) is 12.5 Å². The Morgan fingerprint density at radius 3 is 2.54 bits per heavy atom. The van der Waals surface area contributed by atoms with Gasteiger partial charge < -0.3 is 24.2 Å². The Kier molecular flexibility index (Phi) is 5.26. The molecule has 0 aliphatic carbocycles. The summed E-state index contributed by atoms with van der Waals surface area (Å²) < 4.78 is 16.3. The Balaban J connectivity index is 1.69. The van der Waals surface area contributed by atoms with E-state index in [2.05, 4.69) is 0 Å². The zero-order valence-electron chi connectivity index (χ0n) is 14.3. The van der Waals surface area contributed by atoms with Crippen LogP contribution in [0, 0.1) is 0 Å². The number of hydrogen-bond acceptors (Lipinski definition) is 5. The molecule has 0 saturated heterocycles. The SMILES string of the molecule is COc1ccc(OCCN2C(=O)C(CC(=O)O)Oc3ccccc32)cc1. The number of nitrogens with zero attached hydrogens (tertiary/aromatic N) is 1. The second kappa shape index (κ2) is 7.77. The van der Waals surface area contributed by atoms with Crippen LogP contribution >= 0.6 is 0 Å². The van der Waals surface area contributed by atoms with Gasteiger partial charge in [0.1, 0.15) is 23.9 Å². The number of amides is 1. The first-order valence-electron chi connectivity index (χ1n) is 8.14. The van der Waals surface area contributed by atoms with Crippen LogP contribution in [0.3, 0.4) is 0 Å². The van der Waals surface area contributed by atoms with Gasteiger partial charge in [-0.1, -0.05) is 12.1 Å². The molecule has 1 N–H and O–H groups in total. The number of benzene rings is 2. The molecule has 1 aliphatic rings. The standard InChI is InChI=1S/C19H19NO6/c1-24-13-6-8-14(9-7-13)25-11-10-20-15-4-2-3-5-16(15)26-17(19(20)23)12-18(21)22/h2-9,17H,10-12H2,1H3,(H,21,22). The number of fused-ring (bicyclic) bond motifs is 1. The van der Waals surface area contributed by atoms with E-state index in [4.69, 9.17) is 19.3 Å². The fourth-order valence-electron chi connectivity index (χ4n) is 2.72.